The van der Waals surface area contributed by atoms with Crippen molar-refractivity contribution in [1.82, 2.24) is 4.57 Å². The molecule has 0 radical (unpaired) electrons. The molecule has 3 nitrogen and oxygen atoms in total. The second-order valence-electron chi connectivity index (χ2n) is 2.49. The third kappa shape index (κ3) is 4.93. The molecule has 10 heavy (non-hydrogen) atoms. The minimum Gasteiger partial charge on any atom is -0.356 e. The quantitative estimate of drug-likeness (QED) is 0.391. The molecule has 0 amide bonds. The number of nitrogens with zero attached hydrogens (tertiary/aromatic N) is 1. The standard InChI is InChI=1S/C6H17NO2Si/c1-7(10)5-4-6(8-2)9-3/h6H,4-5H2,1-3,10H3. The van der Waals surface area contributed by atoms with Gasteiger partial charge in [-0.25, -0.2) is 0 Å². The Morgan fingerprint density at radius 3 is 2.20 bits per heavy atom. The fraction of sp³-hybridized carbons (Fsp3) is 1.00. The lowest BCUT2D eigenvalue weighted by molar-refractivity contribution is -0.107. The highest BCUT2D eigenvalue weighted by Gasteiger charge is 2.03. The van der Waals surface area contributed by atoms with Gasteiger partial charge in [0.15, 0.2) is 6.29 Å². The Balaban J connectivity index is 3.26. The fourth-order valence-electron chi connectivity index (χ4n) is 0.696. The molecule has 0 aliphatic heterocycles. The molecule has 0 aromatic rings. The van der Waals surface area contributed by atoms with Crippen molar-refractivity contribution in [2.45, 2.75) is 12.7 Å². The highest BCUT2D eigenvalue weighted by atomic mass is 28.2. The molecule has 0 unspecified atom stereocenters. The van der Waals surface area contributed by atoms with Gasteiger partial charge in [0.1, 0.15) is 0 Å². The van der Waals surface area contributed by atoms with Crippen molar-refractivity contribution in [1.29, 1.82) is 0 Å². The van der Waals surface area contributed by atoms with E-state index in [1.54, 1.807) is 14.2 Å². The maximum absolute atomic E-state index is 5.02. The van der Waals surface area contributed by atoms with Crippen LogP contribution < -0.4 is 0 Å². The zero-order valence-corrected chi connectivity index (χ0v) is 9.26. The average molecular weight is 163 g/mol. The van der Waals surface area contributed by atoms with Gasteiger partial charge in [-0.05, 0) is 13.6 Å². The first-order valence-electron chi connectivity index (χ1n) is 3.41. The van der Waals surface area contributed by atoms with Crippen LogP contribution in [0.4, 0.5) is 0 Å². The zero-order chi connectivity index (χ0) is 7.98. The van der Waals surface area contributed by atoms with Crippen molar-refractivity contribution in [2.24, 2.45) is 0 Å². The van der Waals surface area contributed by atoms with Gasteiger partial charge < -0.3 is 14.0 Å². The second kappa shape index (κ2) is 5.85. The molecule has 0 bridgehead atoms. The van der Waals surface area contributed by atoms with E-state index in [0.717, 1.165) is 23.4 Å². The lowest BCUT2D eigenvalue weighted by Crippen LogP contribution is -2.22. The van der Waals surface area contributed by atoms with Gasteiger partial charge in [-0.2, -0.15) is 0 Å². The van der Waals surface area contributed by atoms with Crippen molar-refractivity contribution in [3.8, 4) is 0 Å². The van der Waals surface area contributed by atoms with Crippen LogP contribution in [0.15, 0.2) is 0 Å². The van der Waals surface area contributed by atoms with Gasteiger partial charge in [0.05, 0.1) is 10.4 Å². The van der Waals surface area contributed by atoms with E-state index in [1.807, 2.05) is 0 Å². The summed E-state index contributed by atoms with van der Waals surface area (Å²) >= 11 is 0. The van der Waals surface area contributed by atoms with Crippen LogP contribution in [0.2, 0.25) is 0 Å². The summed E-state index contributed by atoms with van der Waals surface area (Å²) in [5.41, 5.74) is 0. The Bertz CT molecular complexity index is 76.1. The van der Waals surface area contributed by atoms with Crippen LogP contribution in [0.25, 0.3) is 0 Å². The lowest BCUT2D eigenvalue weighted by atomic mass is 10.4. The van der Waals surface area contributed by atoms with Crippen LogP contribution in [0.3, 0.4) is 0 Å². The molecular formula is C6H17NO2Si. The van der Waals surface area contributed by atoms with E-state index in [-0.39, 0.29) is 6.29 Å². The van der Waals surface area contributed by atoms with Crippen molar-refractivity contribution >= 4 is 10.4 Å². The van der Waals surface area contributed by atoms with E-state index in [0.29, 0.717) is 0 Å². The summed E-state index contributed by atoms with van der Waals surface area (Å²) < 4.78 is 12.3. The molecule has 0 N–H and O–H groups in total. The Kier molecular flexibility index (Phi) is 5.91. The number of methoxy groups -OCH3 is 2. The summed E-state index contributed by atoms with van der Waals surface area (Å²) in [5.74, 6) is 0. The summed E-state index contributed by atoms with van der Waals surface area (Å²) in [4.78, 5) is 0. The van der Waals surface area contributed by atoms with E-state index < -0.39 is 0 Å². The Morgan fingerprint density at radius 2 is 1.90 bits per heavy atom. The third-order valence-electron chi connectivity index (χ3n) is 1.34. The summed E-state index contributed by atoms with van der Waals surface area (Å²) in [6, 6.07) is 0. The first-order valence-corrected chi connectivity index (χ1v) is 4.30. The second-order valence-corrected chi connectivity index (χ2v) is 4.02. The molecule has 0 aliphatic carbocycles. The molecule has 0 saturated heterocycles. The molecule has 0 heterocycles. The van der Waals surface area contributed by atoms with Gasteiger partial charge in [-0.15, -0.1) is 0 Å². The largest absolute Gasteiger partial charge is 0.356 e. The normalized spacial score (nSPS) is 11.7. The maximum atomic E-state index is 5.02. The van der Waals surface area contributed by atoms with Crippen LogP contribution in [-0.4, -0.2) is 49.1 Å². The van der Waals surface area contributed by atoms with Crippen LogP contribution >= 0.6 is 0 Å². The number of ether oxygens (including phenoxy) is 2. The zero-order valence-electron chi connectivity index (χ0n) is 7.26. The first-order chi connectivity index (χ1) is 4.70. The lowest BCUT2D eigenvalue weighted by Gasteiger charge is -2.15. The molecule has 0 saturated carbocycles. The van der Waals surface area contributed by atoms with Crippen LogP contribution in [0.5, 0.6) is 0 Å². The van der Waals surface area contributed by atoms with Gasteiger partial charge in [0.25, 0.3) is 0 Å². The monoisotopic (exact) mass is 163 g/mol. The van der Waals surface area contributed by atoms with E-state index in [1.165, 1.54) is 0 Å². The molecule has 0 aliphatic rings. The fourth-order valence-corrected chi connectivity index (χ4v) is 0.954. The molecule has 0 aromatic heterocycles. The third-order valence-corrected chi connectivity index (χ3v) is 1.79. The predicted octanol–water partition coefficient (Wildman–Crippen LogP) is -0.792. The smallest absolute Gasteiger partial charge is 0.158 e. The molecule has 0 atom stereocenters. The molecule has 0 fully saturated rings. The number of hydrogen-bond acceptors (Lipinski definition) is 3. The molecule has 62 valence electrons. The van der Waals surface area contributed by atoms with E-state index in [4.69, 9.17) is 9.47 Å². The minimum absolute atomic E-state index is 0.0311. The highest BCUT2D eigenvalue weighted by molar-refractivity contribution is 6.04. The van der Waals surface area contributed by atoms with E-state index in [2.05, 4.69) is 11.6 Å². The predicted molar refractivity (Wildman–Crippen MR) is 45.0 cm³/mol. The van der Waals surface area contributed by atoms with Gasteiger partial charge in [-0.1, -0.05) is 0 Å². The van der Waals surface area contributed by atoms with Gasteiger partial charge in [0, 0.05) is 20.6 Å². The number of hydrogen-bond donors (Lipinski definition) is 0. The average Bonchev–Trinajstić information content (AvgIpc) is 1.90. The van der Waals surface area contributed by atoms with E-state index in [9.17, 15) is 0 Å². The SMILES string of the molecule is COC(CCN(C)[SiH3])OC. The van der Waals surface area contributed by atoms with Crippen LogP contribution in [-0.2, 0) is 9.47 Å². The Hall–Kier alpha value is 0.0969. The van der Waals surface area contributed by atoms with Crippen LogP contribution in [0.1, 0.15) is 6.42 Å². The van der Waals surface area contributed by atoms with Gasteiger partial charge >= 0.3 is 0 Å². The van der Waals surface area contributed by atoms with Gasteiger partial charge in [-0.3, -0.25) is 0 Å². The molecule has 0 spiro atoms. The van der Waals surface area contributed by atoms with Crippen molar-refractivity contribution in [3.05, 3.63) is 0 Å². The van der Waals surface area contributed by atoms with Crippen LogP contribution in [0, 0.1) is 0 Å². The van der Waals surface area contributed by atoms with Crippen molar-refractivity contribution < 1.29 is 9.47 Å². The molecule has 0 rings (SSSR count). The number of rotatable bonds is 5. The maximum Gasteiger partial charge on any atom is 0.158 e. The Morgan fingerprint density at radius 1 is 1.40 bits per heavy atom. The molecular weight excluding hydrogens is 146 g/mol. The first kappa shape index (κ1) is 10.1. The summed E-state index contributed by atoms with van der Waals surface area (Å²) in [6.45, 7) is 1.05. The van der Waals surface area contributed by atoms with Crippen molar-refractivity contribution in [3.63, 3.8) is 0 Å². The minimum atomic E-state index is -0.0311. The molecule has 0 aromatic carbocycles. The summed E-state index contributed by atoms with van der Waals surface area (Å²) in [5, 5.41) is 0. The van der Waals surface area contributed by atoms with Gasteiger partial charge in [0.2, 0.25) is 0 Å². The topological polar surface area (TPSA) is 21.7 Å². The Labute approximate surface area is 65.8 Å². The summed E-state index contributed by atoms with van der Waals surface area (Å²) in [7, 11) is 6.53. The molecule has 4 heteroatoms. The highest BCUT2D eigenvalue weighted by Crippen LogP contribution is 1.97. The van der Waals surface area contributed by atoms with E-state index >= 15 is 0 Å². The summed E-state index contributed by atoms with van der Waals surface area (Å²) in [6.07, 6.45) is 0.920. The van der Waals surface area contributed by atoms with Crippen molar-refractivity contribution in [2.75, 3.05) is 27.8 Å².